The molecule has 2 aromatic rings. The Morgan fingerprint density at radius 2 is 1.06 bits per heavy atom. The van der Waals surface area contributed by atoms with E-state index in [0.717, 1.165) is 23.3 Å². The van der Waals surface area contributed by atoms with Crippen molar-refractivity contribution in [2.75, 3.05) is 10.6 Å². The van der Waals surface area contributed by atoms with E-state index in [1.165, 1.54) is 13.8 Å². The van der Waals surface area contributed by atoms with Crippen molar-refractivity contribution in [2.24, 2.45) is 0 Å². The minimum atomic E-state index is -1.57. The van der Waals surface area contributed by atoms with Crippen LogP contribution in [0.1, 0.15) is 36.1 Å². The molecule has 0 aromatic heterocycles. The first kappa shape index (κ1) is 23.6. The molecule has 0 spiro atoms. The molecule has 0 saturated heterocycles. The highest BCUT2D eigenvalue weighted by atomic mass is 16.4. The molecule has 6 N–H and O–H groups in total. The van der Waals surface area contributed by atoms with Crippen LogP contribution in [0.2, 0.25) is 0 Å². The fourth-order valence-corrected chi connectivity index (χ4v) is 4.25. The molecule has 0 bridgehead atoms. The quantitative estimate of drug-likeness (QED) is 0.362. The van der Waals surface area contributed by atoms with Crippen LogP contribution in [0.15, 0.2) is 48.6 Å². The van der Waals surface area contributed by atoms with Gasteiger partial charge in [-0.25, -0.2) is 19.2 Å². The Labute approximate surface area is 199 Å². The van der Waals surface area contributed by atoms with Crippen LogP contribution in [-0.4, -0.2) is 55.4 Å². The van der Waals surface area contributed by atoms with Gasteiger partial charge in [-0.3, -0.25) is 0 Å². The lowest BCUT2D eigenvalue weighted by Crippen LogP contribution is -2.44. The second kappa shape index (κ2) is 8.01. The predicted octanol–water partition coefficient (Wildman–Crippen LogP) is 2.75. The van der Waals surface area contributed by atoms with Gasteiger partial charge in [0.05, 0.1) is 11.1 Å². The fourth-order valence-electron chi connectivity index (χ4n) is 4.25. The van der Waals surface area contributed by atoms with E-state index in [0.29, 0.717) is 28.9 Å². The third-order valence-corrected chi connectivity index (χ3v) is 6.16. The monoisotopic (exact) mass is 478 g/mol. The maximum Gasteiger partial charge on any atom is 0.336 e. The van der Waals surface area contributed by atoms with Crippen molar-refractivity contribution in [1.29, 1.82) is 0 Å². The summed E-state index contributed by atoms with van der Waals surface area (Å²) in [6.45, 7) is 2.75. The highest BCUT2D eigenvalue weighted by Crippen LogP contribution is 2.37. The molecule has 10 heteroatoms. The van der Waals surface area contributed by atoms with Gasteiger partial charge in [-0.2, -0.15) is 0 Å². The summed E-state index contributed by atoms with van der Waals surface area (Å²) >= 11 is 0. The van der Waals surface area contributed by atoms with Crippen molar-refractivity contribution in [1.82, 2.24) is 0 Å². The molecule has 2 atom stereocenters. The molecule has 2 unspecified atom stereocenters. The Morgan fingerprint density at radius 3 is 1.37 bits per heavy atom. The third-order valence-electron chi connectivity index (χ3n) is 6.16. The number of carboxylic acids is 4. The van der Waals surface area contributed by atoms with Crippen molar-refractivity contribution in [3.05, 3.63) is 70.8 Å². The highest BCUT2D eigenvalue weighted by molar-refractivity contribution is 6.20. The van der Waals surface area contributed by atoms with Crippen LogP contribution in [-0.2, 0) is 25.6 Å². The SMILES string of the molecule is CC1(C(=O)O)C=C(C(=O)O)c2cc(Cc3ccc4c(c3)C(C(=O)O)=CC(C)(C(=O)O)N4)ccc2N1. The number of hydrogen-bond acceptors (Lipinski definition) is 6. The second-order valence-electron chi connectivity index (χ2n) is 8.93. The summed E-state index contributed by atoms with van der Waals surface area (Å²) in [4.78, 5) is 47.0. The fraction of sp³-hybridized carbons (Fsp3) is 0.200. The number of nitrogens with one attached hydrogen (secondary N) is 2. The van der Waals surface area contributed by atoms with Gasteiger partial charge in [0, 0.05) is 22.5 Å². The molecular weight excluding hydrogens is 456 g/mol. The van der Waals surface area contributed by atoms with Crippen LogP contribution in [0.3, 0.4) is 0 Å². The van der Waals surface area contributed by atoms with E-state index in [1.807, 2.05) is 0 Å². The van der Waals surface area contributed by atoms with Crippen molar-refractivity contribution in [3.63, 3.8) is 0 Å². The summed E-state index contributed by atoms with van der Waals surface area (Å²) in [6, 6.07) is 9.98. The number of benzene rings is 2. The van der Waals surface area contributed by atoms with Crippen molar-refractivity contribution >= 4 is 46.4 Å². The lowest BCUT2D eigenvalue weighted by atomic mass is 9.86. The van der Waals surface area contributed by atoms with Crippen LogP contribution in [0.5, 0.6) is 0 Å². The zero-order valence-electron chi connectivity index (χ0n) is 18.7. The van der Waals surface area contributed by atoms with Crippen LogP contribution in [0.4, 0.5) is 11.4 Å². The molecule has 0 fully saturated rings. The number of rotatable bonds is 6. The first-order valence-corrected chi connectivity index (χ1v) is 10.5. The van der Waals surface area contributed by atoms with Gasteiger partial charge in [-0.05, 0) is 67.8 Å². The highest BCUT2D eigenvalue weighted by Gasteiger charge is 2.38. The van der Waals surface area contributed by atoms with Gasteiger partial charge in [-0.1, -0.05) is 12.1 Å². The smallest absolute Gasteiger partial charge is 0.336 e. The second-order valence-corrected chi connectivity index (χ2v) is 8.93. The molecule has 0 radical (unpaired) electrons. The van der Waals surface area contributed by atoms with Crippen molar-refractivity contribution < 1.29 is 39.6 Å². The molecule has 10 nitrogen and oxygen atoms in total. The summed E-state index contributed by atoms with van der Waals surface area (Å²) in [5.74, 6) is -4.94. The van der Waals surface area contributed by atoms with E-state index in [2.05, 4.69) is 10.6 Å². The minimum Gasteiger partial charge on any atom is -0.479 e. The largest absolute Gasteiger partial charge is 0.479 e. The summed E-state index contributed by atoms with van der Waals surface area (Å²) in [5, 5.41) is 44.1. The summed E-state index contributed by atoms with van der Waals surface area (Å²) in [6.07, 6.45) is 2.65. The molecule has 2 aliphatic rings. The average Bonchev–Trinajstić information content (AvgIpc) is 2.78. The Balaban J connectivity index is 1.71. The van der Waals surface area contributed by atoms with Gasteiger partial charge < -0.3 is 31.1 Å². The van der Waals surface area contributed by atoms with Gasteiger partial charge in [0.2, 0.25) is 0 Å². The van der Waals surface area contributed by atoms with E-state index < -0.39 is 35.0 Å². The third kappa shape index (κ3) is 4.10. The van der Waals surface area contributed by atoms with Crippen molar-refractivity contribution in [2.45, 2.75) is 31.3 Å². The lowest BCUT2D eigenvalue weighted by Gasteiger charge is -2.31. The molecule has 4 rings (SSSR count). The van der Waals surface area contributed by atoms with Gasteiger partial charge >= 0.3 is 23.9 Å². The maximum atomic E-state index is 11.9. The van der Waals surface area contributed by atoms with Crippen LogP contribution >= 0.6 is 0 Å². The van der Waals surface area contributed by atoms with Gasteiger partial charge in [-0.15, -0.1) is 0 Å². The first-order chi connectivity index (χ1) is 16.3. The first-order valence-electron chi connectivity index (χ1n) is 10.5. The molecular formula is C25H22N2O8. The normalized spacial score (nSPS) is 22.3. The van der Waals surface area contributed by atoms with E-state index >= 15 is 0 Å². The molecule has 35 heavy (non-hydrogen) atoms. The van der Waals surface area contributed by atoms with E-state index in [9.17, 15) is 39.6 Å². The van der Waals surface area contributed by atoms with Crippen LogP contribution in [0.25, 0.3) is 11.1 Å². The number of fused-ring (bicyclic) bond motifs is 2. The summed E-state index contributed by atoms with van der Waals surface area (Å²) < 4.78 is 0. The zero-order valence-corrected chi connectivity index (χ0v) is 18.7. The van der Waals surface area contributed by atoms with Gasteiger partial charge in [0.1, 0.15) is 0 Å². The van der Waals surface area contributed by atoms with Crippen molar-refractivity contribution in [3.8, 4) is 0 Å². The lowest BCUT2D eigenvalue weighted by molar-refractivity contribution is -0.141. The molecule has 2 heterocycles. The number of anilines is 2. The molecule has 0 aliphatic carbocycles. The Bertz CT molecular complexity index is 1270. The maximum absolute atomic E-state index is 11.9. The van der Waals surface area contributed by atoms with Gasteiger partial charge in [0.15, 0.2) is 11.1 Å². The Hall–Kier alpha value is -4.60. The van der Waals surface area contributed by atoms with Crippen LogP contribution < -0.4 is 10.6 Å². The average molecular weight is 478 g/mol. The van der Waals surface area contributed by atoms with Gasteiger partial charge in [0.25, 0.3) is 0 Å². The molecule has 0 amide bonds. The number of carboxylic acid groups (broad SMARTS) is 4. The number of carbonyl (C=O) groups is 4. The standard InChI is InChI=1S/C25H22N2O8/c1-24(22(32)33)10-16(20(28)29)14-8-12(3-5-18(14)26-24)7-13-4-6-19-15(9-13)17(21(30)31)11-25(2,27-19)23(34)35/h3-6,8-11,26-27H,7H2,1-2H3,(H,28,29)(H,30,31)(H,32,33)(H,34,35). The number of aliphatic carboxylic acids is 4. The number of hydrogen-bond donors (Lipinski definition) is 6. The molecule has 0 saturated carbocycles. The zero-order chi connectivity index (χ0) is 25.7. The predicted molar refractivity (Wildman–Crippen MR) is 126 cm³/mol. The van der Waals surface area contributed by atoms with E-state index in [4.69, 9.17) is 0 Å². The van der Waals surface area contributed by atoms with E-state index in [-0.39, 0.29) is 11.1 Å². The summed E-state index contributed by atoms with van der Waals surface area (Å²) in [7, 11) is 0. The molecule has 180 valence electrons. The molecule has 2 aliphatic heterocycles. The topological polar surface area (TPSA) is 173 Å². The van der Waals surface area contributed by atoms with Crippen LogP contribution in [0, 0.1) is 0 Å². The Morgan fingerprint density at radius 1 is 0.686 bits per heavy atom. The minimum absolute atomic E-state index is 0.135. The van der Waals surface area contributed by atoms with E-state index in [1.54, 1.807) is 36.4 Å². The summed E-state index contributed by atoms with van der Waals surface area (Å²) in [5.41, 5.74) is -0.542. The Kier molecular flexibility index (Phi) is 5.39. The molecule has 2 aromatic carbocycles.